The minimum atomic E-state index is -2.05. The van der Waals surface area contributed by atoms with E-state index in [0.29, 0.717) is 12.2 Å². The van der Waals surface area contributed by atoms with Crippen LogP contribution in [0.3, 0.4) is 0 Å². The zero-order valence-corrected chi connectivity index (χ0v) is 9.50. The van der Waals surface area contributed by atoms with E-state index < -0.39 is 9.52 Å². The summed E-state index contributed by atoms with van der Waals surface area (Å²) in [6.07, 6.45) is 2.16. The maximum Gasteiger partial charge on any atom is 0.164 e. The number of ketones is 1. The number of carbonyl (C=O) groups excluding carboxylic acids is 1. The average Bonchev–Trinajstić information content (AvgIpc) is 2.16. The van der Waals surface area contributed by atoms with E-state index in [1.807, 2.05) is 30.3 Å². The van der Waals surface area contributed by atoms with E-state index in [0.717, 1.165) is 5.56 Å². The third-order valence-corrected chi connectivity index (χ3v) is 4.46. The molecule has 1 aliphatic heterocycles. The lowest BCUT2D eigenvalue weighted by Gasteiger charge is -2.21. The molecule has 1 aromatic carbocycles. The van der Waals surface area contributed by atoms with Crippen molar-refractivity contribution in [1.82, 2.24) is 0 Å². The summed E-state index contributed by atoms with van der Waals surface area (Å²) in [4.78, 5) is 11.4. The highest BCUT2D eigenvalue weighted by Gasteiger charge is 2.23. The van der Waals surface area contributed by atoms with Crippen molar-refractivity contribution in [3.05, 3.63) is 35.9 Å². The Labute approximate surface area is 90.3 Å². The van der Waals surface area contributed by atoms with Gasteiger partial charge in [0.25, 0.3) is 0 Å². The van der Waals surface area contributed by atoms with E-state index in [9.17, 15) is 9.00 Å². The molecule has 0 aromatic heterocycles. The van der Waals surface area contributed by atoms with Gasteiger partial charge in [-0.25, -0.2) is 0 Å². The van der Waals surface area contributed by atoms with Gasteiger partial charge in [0.15, 0.2) is 5.78 Å². The van der Waals surface area contributed by atoms with E-state index in [4.69, 9.17) is 0 Å². The van der Waals surface area contributed by atoms with Gasteiger partial charge in [0.05, 0.1) is 0 Å². The summed E-state index contributed by atoms with van der Waals surface area (Å²) >= 11 is 0. The molecule has 1 aromatic rings. The molecular formula is C12H14O2S. The fourth-order valence-electron chi connectivity index (χ4n) is 2.01. The van der Waals surface area contributed by atoms with Gasteiger partial charge in [-0.2, -0.15) is 0 Å². The summed E-state index contributed by atoms with van der Waals surface area (Å²) in [5.74, 6) is 0.742. The van der Waals surface area contributed by atoms with Crippen molar-refractivity contribution in [1.29, 1.82) is 0 Å². The number of carbonyl (C=O) groups is 1. The van der Waals surface area contributed by atoms with Crippen LogP contribution >= 0.6 is 0 Å². The molecule has 15 heavy (non-hydrogen) atoms. The van der Waals surface area contributed by atoms with Gasteiger partial charge in [0.1, 0.15) is 0 Å². The quantitative estimate of drug-likeness (QED) is 0.674. The standard InChI is InChI=1S/C12H14O2S/c1-15(14)8-11(7-12(13)9-15)10-5-3-2-4-6-10/h2-6,9,11H,7-8H2,1H3. The van der Waals surface area contributed by atoms with Crippen LogP contribution in [0.1, 0.15) is 17.9 Å². The third-order valence-electron chi connectivity index (χ3n) is 2.63. The Kier molecular flexibility index (Phi) is 2.65. The van der Waals surface area contributed by atoms with Gasteiger partial charge in [-0.05, 0) is 15.1 Å². The molecule has 3 heteroatoms. The minimum Gasteiger partial charge on any atom is -0.294 e. The lowest BCUT2D eigenvalue weighted by Crippen LogP contribution is -2.26. The van der Waals surface area contributed by atoms with Crippen molar-refractivity contribution in [3.63, 3.8) is 0 Å². The maximum absolute atomic E-state index is 11.9. The summed E-state index contributed by atoms with van der Waals surface area (Å²) in [6.45, 7) is 0. The van der Waals surface area contributed by atoms with Crippen LogP contribution < -0.4 is 0 Å². The molecular weight excluding hydrogens is 208 g/mol. The fourth-order valence-corrected chi connectivity index (χ4v) is 3.87. The van der Waals surface area contributed by atoms with Crippen molar-refractivity contribution >= 4 is 20.7 Å². The zero-order valence-electron chi connectivity index (χ0n) is 8.68. The summed E-state index contributed by atoms with van der Waals surface area (Å²) in [6, 6.07) is 9.85. The molecule has 2 unspecified atom stereocenters. The first-order valence-corrected chi connectivity index (χ1v) is 7.16. The Hall–Kier alpha value is -1.09. The van der Waals surface area contributed by atoms with Gasteiger partial charge in [-0.1, -0.05) is 30.3 Å². The molecule has 2 nitrogen and oxygen atoms in total. The Balaban J connectivity index is 2.32. The summed E-state index contributed by atoms with van der Waals surface area (Å²) in [7, 11) is -2.05. The molecule has 0 spiro atoms. The Bertz CT molecular complexity index is 482. The number of benzene rings is 1. The normalized spacial score (nSPS) is 31.0. The van der Waals surface area contributed by atoms with Gasteiger partial charge in [0.2, 0.25) is 0 Å². The van der Waals surface area contributed by atoms with Gasteiger partial charge in [-0.15, -0.1) is 0 Å². The number of hydrogen-bond donors (Lipinski definition) is 0. The van der Waals surface area contributed by atoms with Crippen LogP contribution in [0.15, 0.2) is 30.3 Å². The topological polar surface area (TPSA) is 34.1 Å². The van der Waals surface area contributed by atoms with Crippen LogP contribution in [-0.2, 0) is 14.3 Å². The second-order valence-corrected chi connectivity index (χ2v) is 6.85. The van der Waals surface area contributed by atoms with Crippen LogP contribution in [0.2, 0.25) is 0 Å². The Morgan fingerprint density at radius 1 is 1.27 bits per heavy atom. The Morgan fingerprint density at radius 2 is 1.93 bits per heavy atom. The van der Waals surface area contributed by atoms with Crippen molar-refractivity contribution in [3.8, 4) is 0 Å². The molecule has 0 saturated heterocycles. The van der Waals surface area contributed by atoms with E-state index in [1.165, 1.54) is 5.37 Å². The highest BCUT2D eigenvalue weighted by Crippen LogP contribution is 2.24. The first-order valence-electron chi connectivity index (χ1n) is 4.96. The van der Waals surface area contributed by atoms with Crippen LogP contribution in [0.4, 0.5) is 0 Å². The molecule has 2 atom stereocenters. The molecule has 1 heterocycles. The molecule has 0 aliphatic carbocycles. The second-order valence-electron chi connectivity index (χ2n) is 4.13. The SMILES string of the molecule is CS1(=O)=CC(=O)CC(c2ccccc2)C1. The smallest absolute Gasteiger partial charge is 0.164 e. The molecule has 0 radical (unpaired) electrons. The number of hydrogen-bond acceptors (Lipinski definition) is 2. The van der Waals surface area contributed by atoms with Crippen molar-refractivity contribution in [2.75, 3.05) is 12.0 Å². The highest BCUT2D eigenvalue weighted by atomic mass is 32.2. The van der Waals surface area contributed by atoms with Gasteiger partial charge < -0.3 is 0 Å². The van der Waals surface area contributed by atoms with E-state index >= 15 is 0 Å². The minimum absolute atomic E-state index is 0.0163. The molecule has 0 amide bonds. The molecule has 0 N–H and O–H groups in total. The molecule has 0 saturated carbocycles. The molecule has 80 valence electrons. The highest BCUT2D eigenvalue weighted by molar-refractivity contribution is 8.01. The lowest BCUT2D eigenvalue weighted by atomic mass is 9.96. The predicted molar refractivity (Wildman–Crippen MR) is 63.8 cm³/mol. The monoisotopic (exact) mass is 222 g/mol. The van der Waals surface area contributed by atoms with E-state index in [2.05, 4.69) is 0 Å². The Morgan fingerprint density at radius 3 is 2.53 bits per heavy atom. The van der Waals surface area contributed by atoms with Crippen LogP contribution in [-0.4, -0.2) is 27.4 Å². The van der Waals surface area contributed by atoms with Gasteiger partial charge in [-0.3, -0.25) is 9.00 Å². The third kappa shape index (κ3) is 2.48. The molecule has 0 fully saturated rings. The van der Waals surface area contributed by atoms with Crippen molar-refractivity contribution in [2.45, 2.75) is 12.3 Å². The summed E-state index contributed by atoms with van der Waals surface area (Å²) in [5, 5.41) is 1.41. The van der Waals surface area contributed by atoms with Crippen molar-refractivity contribution < 1.29 is 9.00 Å². The lowest BCUT2D eigenvalue weighted by molar-refractivity contribution is -0.112. The first kappa shape index (κ1) is 10.4. The van der Waals surface area contributed by atoms with Crippen LogP contribution in [0, 0.1) is 0 Å². The first-order chi connectivity index (χ1) is 7.07. The largest absolute Gasteiger partial charge is 0.294 e. The zero-order chi connectivity index (χ0) is 10.9. The maximum atomic E-state index is 11.9. The van der Waals surface area contributed by atoms with Gasteiger partial charge >= 0.3 is 0 Å². The average molecular weight is 222 g/mol. The van der Waals surface area contributed by atoms with Crippen LogP contribution in [0.25, 0.3) is 0 Å². The number of rotatable bonds is 1. The second kappa shape index (κ2) is 3.81. The fraction of sp³-hybridized carbons (Fsp3) is 0.333. The van der Waals surface area contributed by atoms with Gasteiger partial charge in [0, 0.05) is 29.7 Å². The van der Waals surface area contributed by atoms with Crippen LogP contribution in [0.5, 0.6) is 0 Å². The van der Waals surface area contributed by atoms with E-state index in [1.54, 1.807) is 6.26 Å². The van der Waals surface area contributed by atoms with E-state index in [-0.39, 0.29) is 11.7 Å². The summed E-state index contributed by atoms with van der Waals surface area (Å²) in [5.41, 5.74) is 1.12. The number of Topliss-reactive ketones (excluding diaryl/α,β-unsaturated/α-hetero) is 1. The predicted octanol–water partition coefficient (Wildman–Crippen LogP) is 1.46. The molecule has 2 rings (SSSR count). The summed E-state index contributed by atoms with van der Waals surface area (Å²) < 4.78 is 11.9. The van der Waals surface area contributed by atoms with Crippen molar-refractivity contribution in [2.24, 2.45) is 0 Å². The molecule has 1 aliphatic rings. The molecule has 0 bridgehead atoms.